The average molecular weight is 306 g/mol. The second-order valence-corrected chi connectivity index (χ2v) is 4.37. The molecule has 4 amide bonds. The van der Waals surface area contributed by atoms with Crippen LogP contribution in [0.15, 0.2) is 0 Å². The van der Waals surface area contributed by atoms with Crippen molar-refractivity contribution in [3.63, 3.8) is 0 Å². The molecule has 1 fully saturated rings. The molecule has 1 saturated heterocycles. The van der Waals surface area contributed by atoms with Gasteiger partial charge in [-0.3, -0.25) is 29.3 Å². The van der Waals surface area contributed by atoms with Gasteiger partial charge in [0.25, 0.3) is 0 Å². The van der Waals surface area contributed by atoms with Crippen molar-refractivity contribution in [2.24, 2.45) is 5.41 Å². The molecule has 11 heteroatoms. The number of hydrogen-bond acceptors (Lipinski definition) is 5. The van der Waals surface area contributed by atoms with E-state index in [0.717, 1.165) is 0 Å². The number of amides is 4. The Morgan fingerprint density at radius 1 is 1.05 bits per heavy atom. The minimum Gasteiger partial charge on any atom is -1.00 e. The van der Waals surface area contributed by atoms with Crippen molar-refractivity contribution >= 4 is 28.2 Å². The first kappa shape index (κ1) is 20.8. The third kappa shape index (κ3) is 6.45. The largest absolute Gasteiger partial charge is 1.00 e. The molecule has 19 heavy (non-hydrogen) atoms. The Hall–Kier alpha value is -0.520. The van der Waals surface area contributed by atoms with Gasteiger partial charge in [-0.1, -0.05) is 13.8 Å². The Morgan fingerprint density at radius 3 is 1.53 bits per heavy atom. The summed E-state index contributed by atoms with van der Waals surface area (Å²) in [5, 5.41) is 4.19. The van der Waals surface area contributed by atoms with Gasteiger partial charge in [0.05, 0.1) is 0 Å². The minimum atomic E-state index is -4.67. The summed E-state index contributed by atoms with van der Waals surface area (Å²) in [6.45, 7) is 3.50. The molecule has 1 heterocycles. The zero-order valence-electron chi connectivity index (χ0n) is 11.8. The van der Waals surface area contributed by atoms with Crippen molar-refractivity contribution in [2.45, 2.75) is 26.7 Å². The van der Waals surface area contributed by atoms with E-state index in [2.05, 4.69) is 10.6 Å². The molecule has 1 rings (SSSR count). The van der Waals surface area contributed by atoms with Crippen molar-refractivity contribution in [2.75, 3.05) is 0 Å². The first-order valence-corrected chi connectivity index (χ1v) is 6.33. The topological polar surface area (TPSA) is 150 Å². The minimum absolute atomic E-state index is 0. The first-order valence-electron chi connectivity index (χ1n) is 4.93. The average Bonchev–Trinajstić information content (AvgIpc) is 2.15. The maximum Gasteiger partial charge on any atom is 1.00 e. The van der Waals surface area contributed by atoms with Crippen molar-refractivity contribution in [1.29, 1.82) is 0 Å². The predicted octanol–water partition coefficient (Wildman–Crippen LogP) is -3.38. The van der Waals surface area contributed by atoms with Gasteiger partial charge < -0.3 is 1.43 Å². The van der Waals surface area contributed by atoms with E-state index in [9.17, 15) is 14.4 Å². The van der Waals surface area contributed by atoms with Crippen LogP contribution in [0.3, 0.4) is 0 Å². The van der Waals surface area contributed by atoms with Crippen LogP contribution in [-0.4, -0.2) is 35.4 Å². The number of carbonyl (C=O) groups is 3. The quantitative estimate of drug-likeness (QED) is 0.236. The molecule has 1 aliphatic heterocycles. The van der Waals surface area contributed by atoms with Crippen LogP contribution in [-0.2, 0) is 20.0 Å². The van der Waals surface area contributed by atoms with Crippen LogP contribution < -0.4 is 40.2 Å². The van der Waals surface area contributed by atoms with E-state index < -0.39 is 33.7 Å². The van der Waals surface area contributed by atoms with E-state index in [4.69, 9.17) is 17.5 Å². The number of barbiturate groups is 1. The number of rotatable bonds is 2. The van der Waals surface area contributed by atoms with Gasteiger partial charge in [-0.15, -0.1) is 0 Å². The summed E-state index contributed by atoms with van der Waals surface area (Å²) in [4.78, 5) is 33.6. The Labute approximate surface area is 133 Å². The second kappa shape index (κ2) is 7.92. The third-order valence-electron chi connectivity index (χ3n) is 2.53. The Morgan fingerprint density at radius 2 is 1.32 bits per heavy atom. The van der Waals surface area contributed by atoms with E-state index in [1.807, 2.05) is 0 Å². The van der Waals surface area contributed by atoms with Crippen LogP contribution in [0.4, 0.5) is 4.79 Å². The molecule has 0 aromatic rings. The fourth-order valence-corrected chi connectivity index (χ4v) is 1.47. The van der Waals surface area contributed by atoms with Crippen molar-refractivity contribution in [1.82, 2.24) is 10.6 Å². The number of hydrogen-bond donors (Lipinski definition) is 4. The summed E-state index contributed by atoms with van der Waals surface area (Å²) in [7, 11) is -4.67. The van der Waals surface area contributed by atoms with Gasteiger partial charge in [-0.2, -0.15) is 8.42 Å². The Bertz CT molecular complexity index is 433. The second-order valence-electron chi connectivity index (χ2n) is 3.47. The standard InChI is InChI=1S/C8H12N2O3.Na.H2O4S.H/c1-3-8(4-2)5(11)9-7(13)10-6(8)12;;1-5(2,3)4;/h3-4H2,1-2H3,(H2,9,10,11,12,13);;(H2,1,2,3,4);/q;+1;;-1. The molecular formula is C8H15N2NaO7S. The molecule has 4 N–H and O–H groups in total. The molecular weight excluding hydrogens is 291 g/mol. The summed E-state index contributed by atoms with van der Waals surface area (Å²) < 4.78 is 31.6. The summed E-state index contributed by atoms with van der Waals surface area (Å²) in [6.07, 6.45) is 0.795. The predicted molar refractivity (Wildman–Crippen MR) is 60.0 cm³/mol. The molecule has 0 radical (unpaired) electrons. The maximum atomic E-state index is 11.4. The number of carbonyl (C=O) groups excluding carboxylic acids is 3. The van der Waals surface area contributed by atoms with Gasteiger partial charge in [0.2, 0.25) is 11.8 Å². The molecule has 0 bridgehead atoms. The fourth-order valence-electron chi connectivity index (χ4n) is 1.47. The molecule has 0 aromatic carbocycles. The number of imide groups is 2. The Balaban J connectivity index is -0.000000361. The SMILES string of the molecule is CCC1(CC)C(=O)NC(=O)NC1=O.O=S(=O)(O)O.[H-].[Na+]. The van der Waals surface area contributed by atoms with E-state index in [0.29, 0.717) is 12.8 Å². The van der Waals surface area contributed by atoms with E-state index in [1.165, 1.54) is 0 Å². The van der Waals surface area contributed by atoms with Crippen LogP contribution in [0.5, 0.6) is 0 Å². The molecule has 9 nitrogen and oxygen atoms in total. The smallest absolute Gasteiger partial charge is 1.00 e. The van der Waals surface area contributed by atoms with E-state index >= 15 is 0 Å². The van der Waals surface area contributed by atoms with Gasteiger partial charge in [0.1, 0.15) is 5.41 Å². The molecule has 0 saturated carbocycles. The van der Waals surface area contributed by atoms with E-state index in [1.54, 1.807) is 13.8 Å². The molecule has 0 atom stereocenters. The summed E-state index contributed by atoms with van der Waals surface area (Å²) >= 11 is 0. The van der Waals surface area contributed by atoms with Crippen LogP contribution in [0.25, 0.3) is 0 Å². The number of urea groups is 1. The maximum absolute atomic E-state index is 11.4. The van der Waals surface area contributed by atoms with Crippen molar-refractivity contribution in [3.8, 4) is 0 Å². The van der Waals surface area contributed by atoms with Gasteiger partial charge in [-0.05, 0) is 12.8 Å². The Kier molecular flexibility index (Phi) is 8.67. The summed E-state index contributed by atoms with van der Waals surface area (Å²) in [5.74, 6) is -0.988. The van der Waals surface area contributed by atoms with Crippen molar-refractivity contribution < 1.29 is 62.9 Å². The van der Waals surface area contributed by atoms with E-state index in [-0.39, 0.29) is 31.0 Å². The summed E-state index contributed by atoms with van der Waals surface area (Å²) in [6, 6.07) is -0.729. The van der Waals surface area contributed by atoms with Crippen molar-refractivity contribution in [3.05, 3.63) is 0 Å². The molecule has 106 valence electrons. The number of nitrogens with one attached hydrogen (secondary N) is 2. The summed E-state index contributed by atoms with van der Waals surface area (Å²) in [5.41, 5.74) is -1.06. The first-order chi connectivity index (χ1) is 8.06. The molecule has 0 aromatic heterocycles. The monoisotopic (exact) mass is 306 g/mol. The zero-order chi connectivity index (χ0) is 14.6. The molecule has 0 unspecified atom stereocenters. The van der Waals surface area contributed by atoms with Gasteiger partial charge in [0, 0.05) is 0 Å². The van der Waals surface area contributed by atoms with Gasteiger partial charge >= 0.3 is 46.0 Å². The van der Waals surface area contributed by atoms with Crippen LogP contribution in [0.1, 0.15) is 28.1 Å². The normalized spacial score (nSPS) is 17.4. The molecule has 1 aliphatic rings. The van der Waals surface area contributed by atoms with Crippen LogP contribution >= 0.6 is 0 Å². The zero-order valence-corrected chi connectivity index (χ0v) is 13.6. The van der Waals surface area contributed by atoms with Gasteiger partial charge in [-0.25, -0.2) is 4.79 Å². The molecule has 0 spiro atoms. The third-order valence-corrected chi connectivity index (χ3v) is 2.53. The molecule has 0 aliphatic carbocycles. The van der Waals surface area contributed by atoms with Gasteiger partial charge in [0.15, 0.2) is 0 Å². The fraction of sp³-hybridized carbons (Fsp3) is 0.625. The van der Waals surface area contributed by atoms with Crippen LogP contribution in [0.2, 0.25) is 0 Å². The van der Waals surface area contributed by atoms with Crippen LogP contribution in [0, 0.1) is 5.41 Å².